The molecule has 7 rings (SSSR count). The van der Waals surface area contributed by atoms with Crippen molar-refractivity contribution in [3.8, 4) is 22.5 Å². The van der Waals surface area contributed by atoms with Crippen molar-refractivity contribution in [2.75, 3.05) is 11.4 Å². The van der Waals surface area contributed by atoms with Crippen LogP contribution in [0.4, 0.5) is 5.13 Å². The van der Waals surface area contributed by atoms with Gasteiger partial charge in [0.1, 0.15) is 5.69 Å². The summed E-state index contributed by atoms with van der Waals surface area (Å²) >= 11 is 7.84. The van der Waals surface area contributed by atoms with E-state index in [1.807, 2.05) is 18.2 Å². The molecule has 0 aliphatic heterocycles. The molecule has 3 aliphatic carbocycles. The predicted molar refractivity (Wildman–Crippen MR) is 165 cm³/mol. The molecule has 0 radical (unpaired) electrons. The number of amides is 1. The molecule has 10 nitrogen and oxygen atoms in total. The van der Waals surface area contributed by atoms with Crippen LogP contribution >= 0.6 is 22.9 Å². The van der Waals surface area contributed by atoms with Crippen LogP contribution in [0.15, 0.2) is 51.8 Å². The van der Waals surface area contributed by atoms with Crippen LogP contribution in [0.3, 0.4) is 0 Å². The van der Waals surface area contributed by atoms with Gasteiger partial charge in [0.05, 0.1) is 11.3 Å². The smallest absolute Gasteiger partial charge is 0.341 e. The molecule has 0 saturated heterocycles. The van der Waals surface area contributed by atoms with Gasteiger partial charge in [0.2, 0.25) is 10.0 Å². The highest BCUT2D eigenvalue weighted by atomic mass is 35.5. The fourth-order valence-electron chi connectivity index (χ4n) is 5.28. The van der Waals surface area contributed by atoms with Crippen LogP contribution in [0, 0.1) is 5.92 Å². The quantitative estimate of drug-likeness (QED) is 0.207. The summed E-state index contributed by atoms with van der Waals surface area (Å²) in [6, 6.07) is 13.4. The molecule has 4 aromatic rings. The lowest BCUT2D eigenvalue weighted by Gasteiger charge is -2.29. The number of carbonyl (C=O) groups excluding carboxylic acids is 1. The number of rotatable bonds is 11. The van der Waals surface area contributed by atoms with E-state index in [0.29, 0.717) is 35.2 Å². The minimum atomic E-state index is -3.67. The Balaban J connectivity index is 1.18. The average molecular weight is 640 g/mol. The number of H-pyrrole nitrogens is 1. The Labute approximate surface area is 257 Å². The fraction of sp³-hybridized carbons (Fsp3) is 0.400. The van der Waals surface area contributed by atoms with Crippen LogP contribution < -0.4 is 15.4 Å². The molecule has 2 aromatic heterocycles. The number of aromatic amines is 1. The SMILES string of the molecule is C[C@H](c1ccc(-c2cc(Cl)ccc2-c2noc(=O)[nH]2)cc1)N(CC1CC1)c1nc(C(=O)NS(=O)(=O)C2CC2)c(C2CC2)s1. The van der Waals surface area contributed by atoms with Gasteiger partial charge in [-0.05, 0) is 92.2 Å². The monoisotopic (exact) mass is 639 g/mol. The summed E-state index contributed by atoms with van der Waals surface area (Å²) in [6.07, 6.45) is 5.43. The van der Waals surface area contributed by atoms with Crippen molar-refractivity contribution in [3.63, 3.8) is 0 Å². The number of sulfonamides is 1. The molecule has 2 N–H and O–H groups in total. The Morgan fingerprint density at radius 1 is 1.12 bits per heavy atom. The van der Waals surface area contributed by atoms with Gasteiger partial charge in [-0.1, -0.05) is 41.0 Å². The van der Waals surface area contributed by atoms with Crippen LogP contribution in [0.25, 0.3) is 22.5 Å². The van der Waals surface area contributed by atoms with Gasteiger partial charge < -0.3 is 4.90 Å². The topological polar surface area (TPSA) is 138 Å². The molecule has 43 heavy (non-hydrogen) atoms. The second-order valence-electron chi connectivity index (χ2n) is 11.7. The Morgan fingerprint density at radius 2 is 1.86 bits per heavy atom. The van der Waals surface area contributed by atoms with Gasteiger partial charge in [0.15, 0.2) is 11.0 Å². The van der Waals surface area contributed by atoms with E-state index in [2.05, 4.69) is 38.8 Å². The molecule has 1 atom stereocenters. The minimum Gasteiger partial charge on any atom is -0.341 e. The number of halogens is 1. The first kappa shape index (κ1) is 28.3. The summed E-state index contributed by atoms with van der Waals surface area (Å²) in [5.41, 5.74) is 3.70. The number of carbonyl (C=O) groups is 1. The molecule has 3 aliphatic rings. The summed E-state index contributed by atoms with van der Waals surface area (Å²) in [5.74, 6) is -0.121. The van der Waals surface area contributed by atoms with E-state index in [9.17, 15) is 18.0 Å². The summed E-state index contributed by atoms with van der Waals surface area (Å²) in [6.45, 7) is 2.93. The maximum Gasteiger partial charge on any atom is 0.439 e. The van der Waals surface area contributed by atoms with Crippen molar-refractivity contribution in [2.24, 2.45) is 5.92 Å². The average Bonchev–Trinajstić information content (AvgIpc) is 3.87. The second kappa shape index (κ2) is 10.9. The lowest BCUT2D eigenvalue weighted by molar-refractivity contribution is 0.0976. The number of nitrogens with zero attached hydrogens (tertiary/aromatic N) is 3. The third-order valence-electron chi connectivity index (χ3n) is 8.25. The molecule has 0 bridgehead atoms. The van der Waals surface area contributed by atoms with Crippen molar-refractivity contribution in [1.82, 2.24) is 19.8 Å². The third kappa shape index (κ3) is 6.00. The highest BCUT2D eigenvalue weighted by Gasteiger charge is 2.40. The van der Waals surface area contributed by atoms with Crippen LogP contribution in [0.5, 0.6) is 0 Å². The molecule has 3 saturated carbocycles. The number of aromatic nitrogens is 3. The summed E-state index contributed by atoms with van der Waals surface area (Å²) < 4.78 is 32.0. The van der Waals surface area contributed by atoms with E-state index in [4.69, 9.17) is 21.1 Å². The summed E-state index contributed by atoms with van der Waals surface area (Å²) in [5, 5.41) is 4.66. The van der Waals surface area contributed by atoms with Crippen LogP contribution in [-0.2, 0) is 10.0 Å². The number of hydrogen-bond donors (Lipinski definition) is 2. The van der Waals surface area contributed by atoms with Crippen molar-refractivity contribution >= 4 is 44.0 Å². The van der Waals surface area contributed by atoms with E-state index in [-0.39, 0.29) is 17.7 Å². The first-order valence-electron chi connectivity index (χ1n) is 14.5. The lowest BCUT2D eigenvalue weighted by atomic mass is 9.96. The van der Waals surface area contributed by atoms with Gasteiger partial charge in [0, 0.05) is 22.0 Å². The van der Waals surface area contributed by atoms with E-state index < -0.39 is 26.9 Å². The summed E-state index contributed by atoms with van der Waals surface area (Å²) in [7, 11) is -3.67. The molecule has 2 aromatic carbocycles. The molecule has 3 fully saturated rings. The Kier molecular flexibility index (Phi) is 7.18. The maximum atomic E-state index is 13.2. The van der Waals surface area contributed by atoms with Gasteiger partial charge in [-0.25, -0.2) is 22.9 Å². The van der Waals surface area contributed by atoms with E-state index in [1.165, 1.54) is 11.3 Å². The molecular formula is C30H30ClN5O5S2. The highest BCUT2D eigenvalue weighted by molar-refractivity contribution is 7.91. The molecule has 0 unspecified atom stereocenters. The lowest BCUT2D eigenvalue weighted by Crippen LogP contribution is -2.34. The number of nitrogens with one attached hydrogen (secondary N) is 2. The van der Waals surface area contributed by atoms with Crippen LogP contribution in [0.2, 0.25) is 5.02 Å². The highest BCUT2D eigenvalue weighted by Crippen LogP contribution is 2.48. The van der Waals surface area contributed by atoms with Gasteiger partial charge >= 0.3 is 5.76 Å². The molecule has 224 valence electrons. The fourth-order valence-corrected chi connectivity index (χ4v) is 8.05. The van der Waals surface area contributed by atoms with E-state index >= 15 is 0 Å². The largest absolute Gasteiger partial charge is 0.439 e. The Morgan fingerprint density at radius 3 is 2.49 bits per heavy atom. The zero-order chi connectivity index (χ0) is 29.9. The molecule has 0 spiro atoms. The molecule has 2 heterocycles. The maximum absolute atomic E-state index is 13.2. The zero-order valence-electron chi connectivity index (χ0n) is 23.4. The van der Waals surface area contributed by atoms with Crippen molar-refractivity contribution in [2.45, 2.75) is 62.7 Å². The number of thiazole rings is 1. The van der Waals surface area contributed by atoms with Crippen LogP contribution in [-0.4, -0.2) is 41.2 Å². The first-order chi connectivity index (χ1) is 20.7. The normalized spacial score (nSPS) is 17.5. The van der Waals surface area contributed by atoms with Crippen LogP contribution in [0.1, 0.15) is 78.3 Å². The molecule has 13 heteroatoms. The number of benzene rings is 2. The Bertz CT molecular complexity index is 1850. The first-order valence-corrected chi connectivity index (χ1v) is 17.2. The van der Waals surface area contributed by atoms with Crippen molar-refractivity contribution in [1.29, 1.82) is 0 Å². The third-order valence-corrected chi connectivity index (χ3v) is 11.6. The summed E-state index contributed by atoms with van der Waals surface area (Å²) in [4.78, 5) is 35.3. The molecule has 1 amide bonds. The molecular weight excluding hydrogens is 610 g/mol. The van der Waals surface area contributed by atoms with Crippen molar-refractivity contribution in [3.05, 3.63) is 74.2 Å². The zero-order valence-corrected chi connectivity index (χ0v) is 25.8. The van der Waals surface area contributed by atoms with Gasteiger partial charge in [-0.3, -0.25) is 14.3 Å². The van der Waals surface area contributed by atoms with Crippen molar-refractivity contribution < 1.29 is 17.7 Å². The second-order valence-corrected chi connectivity index (χ2v) is 15.1. The standard InChI is InChI=1S/C30H30ClN5O5S2/c1-16(18-4-6-19(7-5-18)24-14-21(31)10-13-23(24)27-33-30(38)41-34-27)36(15-17-2-3-17)29-32-25(26(42-29)20-8-9-20)28(37)35-43(39,40)22-11-12-22/h4-7,10,13-14,16-17,20,22H,2-3,8-9,11-12,15H2,1H3,(H,35,37)(H,33,34,38)/t16-/m1/s1. The number of anilines is 1. The number of hydrogen-bond acceptors (Lipinski definition) is 9. The van der Waals surface area contributed by atoms with E-state index in [1.54, 1.807) is 12.1 Å². The van der Waals surface area contributed by atoms with Gasteiger partial charge in [-0.2, -0.15) is 0 Å². The van der Waals surface area contributed by atoms with Gasteiger partial charge in [-0.15, -0.1) is 11.3 Å². The predicted octanol–water partition coefficient (Wildman–Crippen LogP) is 5.88. The van der Waals surface area contributed by atoms with E-state index in [0.717, 1.165) is 58.9 Å². The Hall–Kier alpha value is -3.48. The minimum absolute atomic E-state index is 0.0512. The van der Waals surface area contributed by atoms with Gasteiger partial charge in [0.25, 0.3) is 5.91 Å².